The Balaban J connectivity index is 2.59. The molecular weight excluding hydrogens is 206 g/mol. The largest absolute Gasteiger partial charge is 0.456 e. The molecule has 0 radical (unpaired) electrons. The molecule has 1 aromatic heterocycles. The molecule has 74 valence electrons. The number of fused-ring (bicyclic) bond motifs is 3. The van der Waals surface area contributed by atoms with Crippen molar-refractivity contribution in [3.8, 4) is 0 Å². The molecule has 0 aliphatic rings. The lowest BCUT2D eigenvalue weighted by atomic mass is 10.1. The van der Waals surface area contributed by atoms with Gasteiger partial charge in [0.25, 0.3) is 0 Å². The third kappa shape index (κ3) is 1.20. The Bertz CT molecular complexity index is 657. The van der Waals surface area contributed by atoms with Crippen LogP contribution in [0, 0.1) is 0 Å². The molecule has 0 saturated heterocycles. The van der Waals surface area contributed by atoms with Crippen molar-refractivity contribution < 1.29 is 4.42 Å². The normalized spacial score (nSPS) is 11.3. The maximum Gasteiger partial charge on any atom is 0.137 e. The van der Waals surface area contributed by atoms with E-state index in [0.717, 1.165) is 26.8 Å². The minimum absolute atomic E-state index is 0.710. The summed E-state index contributed by atoms with van der Waals surface area (Å²) in [7, 11) is 0. The molecule has 15 heavy (non-hydrogen) atoms. The highest BCUT2D eigenvalue weighted by Gasteiger charge is 2.08. The van der Waals surface area contributed by atoms with E-state index >= 15 is 0 Å². The summed E-state index contributed by atoms with van der Waals surface area (Å²) < 4.78 is 5.69. The second-order valence-corrected chi connectivity index (χ2v) is 3.99. The highest BCUT2D eigenvalue weighted by atomic mass is 32.1. The van der Waals surface area contributed by atoms with Crippen molar-refractivity contribution in [2.24, 2.45) is 0 Å². The number of rotatable bonds is 0. The number of hydrogen-bond donors (Lipinski definition) is 2. The van der Waals surface area contributed by atoms with Crippen molar-refractivity contribution >= 4 is 40.3 Å². The maximum absolute atomic E-state index is 5.70. The lowest BCUT2D eigenvalue weighted by Crippen LogP contribution is -1.81. The van der Waals surface area contributed by atoms with Crippen LogP contribution in [0.1, 0.15) is 0 Å². The van der Waals surface area contributed by atoms with E-state index < -0.39 is 0 Å². The molecule has 3 aromatic rings. The van der Waals surface area contributed by atoms with E-state index in [1.54, 1.807) is 0 Å². The van der Waals surface area contributed by atoms with Gasteiger partial charge in [-0.1, -0.05) is 6.07 Å². The monoisotopic (exact) mass is 215 g/mol. The van der Waals surface area contributed by atoms with E-state index in [-0.39, 0.29) is 0 Å². The topological polar surface area (TPSA) is 39.2 Å². The van der Waals surface area contributed by atoms with Gasteiger partial charge in [-0.15, -0.1) is 12.6 Å². The van der Waals surface area contributed by atoms with Crippen LogP contribution in [0.4, 0.5) is 5.69 Å². The van der Waals surface area contributed by atoms with Crippen molar-refractivity contribution in [3.63, 3.8) is 0 Å². The SMILES string of the molecule is Nc1ccc2c(c1)oc1cccc(S)c12. The van der Waals surface area contributed by atoms with Crippen molar-refractivity contribution in [2.45, 2.75) is 4.90 Å². The van der Waals surface area contributed by atoms with Crippen molar-refractivity contribution in [1.29, 1.82) is 0 Å². The summed E-state index contributed by atoms with van der Waals surface area (Å²) in [6.45, 7) is 0. The van der Waals surface area contributed by atoms with Gasteiger partial charge < -0.3 is 10.2 Å². The van der Waals surface area contributed by atoms with Gasteiger partial charge in [0.05, 0.1) is 0 Å². The van der Waals surface area contributed by atoms with E-state index in [4.69, 9.17) is 10.2 Å². The molecule has 3 rings (SSSR count). The van der Waals surface area contributed by atoms with Crippen LogP contribution in [-0.2, 0) is 0 Å². The fraction of sp³-hybridized carbons (Fsp3) is 0. The molecule has 0 bridgehead atoms. The van der Waals surface area contributed by atoms with Gasteiger partial charge in [-0.05, 0) is 24.3 Å². The summed E-state index contributed by atoms with van der Waals surface area (Å²) in [5.74, 6) is 0. The Labute approximate surface area is 92.1 Å². The van der Waals surface area contributed by atoms with Crippen molar-refractivity contribution in [1.82, 2.24) is 0 Å². The molecule has 0 unspecified atom stereocenters. The molecule has 0 amide bonds. The average molecular weight is 215 g/mol. The molecule has 1 heterocycles. The second-order valence-electron chi connectivity index (χ2n) is 3.51. The molecular formula is C12H9NOS. The van der Waals surface area contributed by atoms with Crippen molar-refractivity contribution in [2.75, 3.05) is 5.73 Å². The van der Waals surface area contributed by atoms with Crippen LogP contribution in [0.5, 0.6) is 0 Å². The van der Waals surface area contributed by atoms with Gasteiger partial charge >= 0.3 is 0 Å². The molecule has 2 aromatic carbocycles. The van der Waals surface area contributed by atoms with E-state index in [1.807, 2.05) is 36.4 Å². The van der Waals surface area contributed by atoms with Crippen LogP contribution in [-0.4, -0.2) is 0 Å². The third-order valence-corrected chi connectivity index (χ3v) is 2.87. The van der Waals surface area contributed by atoms with Gasteiger partial charge in [0.1, 0.15) is 11.2 Å². The Kier molecular flexibility index (Phi) is 1.70. The molecule has 0 saturated carbocycles. The first-order valence-corrected chi connectivity index (χ1v) is 5.10. The first-order chi connectivity index (χ1) is 7.25. The minimum atomic E-state index is 0.710. The molecule has 0 aliphatic carbocycles. The average Bonchev–Trinajstić information content (AvgIpc) is 2.56. The molecule has 0 atom stereocenters. The number of hydrogen-bond acceptors (Lipinski definition) is 3. The van der Waals surface area contributed by atoms with Gasteiger partial charge in [-0.25, -0.2) is 0 Å². The highest BCUT2D eigenvalue weighted by molar-refractivity contribution is 7.80. The second kappa shape index (κ2) is 2.94. The summed E-state index contributed by atoms with van der Waals surface area (Å²) in [6.07, 6.45) is 0. The summed E-state index contributed by atoms with van der Waals surface area (Å²) in [5.41, 5.74) is 8.08. The summed E-state index contributed by atoms with van der Waals surface area (Å²) in [4.78, 5) is 0.927. The Morgan fingerprint density at radius 2 is 1.93 bits per heavy atom. The van der Waals surface area contributed by atoms with Gasteiger partial charge in [0.15, 0.2) is 0 Å². The van der Waals surface area contributed by atoms with Gasteiger partial charge in [-0.3, -0.25) is 0 Å². The summed E-state index contributed by atoms with van der Waals surface area (Å²) >= 11 is 4.43. The first kappa shape index (κ1) is 8.68. The van der Waals surface area contributed by atoms with E-state index in [1.165, 1.54) is 0 Å². The molecule has 0 aliphatic heterocycles. The number of benzene rings is 2. The summed E-state index contributed by atoms with van der Waals surface area (Å²) in [6, 6.07) is 11.5. The van der Waals surface area contributed by atoms with Crippen LogP contribution < -0.4 is 5.73 Å². The number of nitrogen functional groups attached to an aromatic ring is 1. The number of furan rings is 1. The standard InChI is InChI=1S/C12H9NOS/c13-7-4-5-8-10(6-7)14-9-2-1-3-11(15)12(8)9/h1-6,15H,13H2. The first-order valence-electron chi connectivity index (χ1n) is 4.65. The maximum atomic E-state index is 5.70. The smallest absolute Gasteiger partial charge is 0.137 e. The lowest BCUT2D eigenvalue weighted by Gasteiger charge is -1.93. The zero-order chi connectivity index (χ0) is 10.4. The van der Waals surface area contributed by atoms with Crippen LogP contribution in [0.2, 0.25) is 0 Å². The summed E-state index contributed by atoms with van der Waals surface area (Å²) in [5, 5.41) is 2.11. The molecule has 0 fully saturated rings. The molecule has 2 N–H and O–H groups in total. The van der Waals surface area contributed by atoms with Crippen LogP contribution in [0.3, 0.4) is 0 Å². The fourth-order valence-electron chi connectivity index (χ4n) is 1.82. The Morgan fingerprint density at radius 3 is 2.80 bits per heavy atom. The number of thiol groups is 1. The predicted octanol–water partition coefficient (Wildman–Crippen LogP) is 3.46. The molecule has 2 nitrogen and oxygen atoms in total. The van der Waals surface area contributed by atoms with Crippen LogP contribution >= 0.6 is 12.6 Å². The van der Waals surface area contributed by atoms with E-state index in [0.29, 0.717) is 5.69 Å². The number of nitrogens with two attached hydrogens (primary N) is 1. The predicted molar refractivity (Wildman–Crippen MR) is 65.4 cm³/mol. The van der Waals surface area contributed by atoms with Crippen molar-refractivity contribution in [3.05, 3.63) is 36.4 Å². The Morgan fingerprint density at radius 1 is 1.07 bits per heavy atom. The van der Waals surface area contributed by atoms with E-state index in [2.05, 4.69) is 12.6 Å². The van der Waals surface area contributed by atoms with Gasteiger partial charge in [0.2, 0.25) is 0 Å². The molecule has 3 heteroatoms. The molecule has 0 spiro atoms. The highest BCUT2D eigenvalue weighted by Crippen LogP contribution is 2.33. The van der Waals surface area contributed by atoms with E-state index in [9.17, 15) is 0 Å². The fourth-order valence-corrected chi connectivity index (χ4v) is 2.14. The van der Waals surface area contributed by atoms with Crippen LogP contribution in [0.25, 0.3) is 21.9 Å². The quantitative estimate of drug-likeness (QED) is 0.445. The van der Waals surface area contributed by atoms with Gasteiger partial charge in [0, 0.05) is 27.4 Å². The Hall–Kier alpha value is -1.61. The number of anilines is 1. The van der Waals surface area contributed by atoms with Crippen LogP contribution in [0.15, 0.2) is 45.7 Å². The third-order valence-electron chi connectivity index (χ3n) is 2.50. The zero-order valence-electron chi connectivity index (χ0n) is 7.90. The minimum Gasteiger partial charge on any atom is -0.456 e. The lowest BCUT2D eigenvalue weighted by molar-refractivity contribution is 0.668. The zero-order valence-corrected chi connectivity index (χ0v) is 8.79. The van der Waals surface area contributed by atoms with Gasteiger partial charge in [-0.2, -0.15) is 0 Å².